The topological polar surface area (TPSA) is 44.3 Å². The Kier molecular flexibility index (Phi) is 6.02. The van der Waals surface area contributed by atoms with Crippen LogP contribution in [0.25, 0.3) is 27.8 Å². The molecule has 0 spiro atoms. The Morgan fingerprint density at radius 3 is 2.34 bits per heavy atom. The Morgan fingerprint density at radius 1 is 0.969 bits per heavy atom. The molecule has 0 saturated heterocycles. The minimum absolute atomic E-state index is 0.441. The fourth-order valence-electron chi connectivity index (χ4n) is 4.82. The van der Waals surface area contributed by atoms with Crippen molar-refractivity contribution < 1.29 is 4.74 Å². The highest BCUT2D eigenvalue weighted by molar-refractivity contribution is 5.90. The van der Waals surface area contributed by atoms with Crippen LogP contribution < -0.4 is 4.74 Å². The zero-order valence-electron chi connectivity index (χ0n) is 20.8. The molecule has 0 radical (unpaired) electrons. The predicted octanol–water partition coefficient (Wildman–Crippen LogP) is 6.98. The van der Waals surface area contributed by atoms with Crippen molar-refractivity contribution in [1.82, 2.24) is 19.2 Å². The summed E-state index contributed by atoms with van der Waals surface area (Å²) in [6.45, 7) is 18.0. The second kappa shape index (κ2) is 8.61. The van der Waals surface area contributed by atoms with Crippen LogP contribution in [0.1, 0.15) is 69.1 Å². The molecular formula is C27H36N4O. The number of hydrogen-bond acceptors (Lipinski definition) is 3. The molecule has 0 atom stereocenters. The van der Waals surface area contributed by atoms with Crippen LogP contribution in [0.2, 0.25) is 0 Å². The first-order chi connectivity index (χ1) is 15.3. The van der Waals surface area contributed by atoms with Crippen molar-refractivity contribution in [3.05, 3.63) is 46.9 Å². The normalized spacial score (nSPS) is 12.1. The Hall–Kier alpha value is -2.82. The van der Waals surface area contributed by atoms with Gasteiger partial charge < -0.3 is 9.30 Å². The first-order valence-corrected chi connectivity index (χ1v) is 11.9. The third-order valence-electron chi connectivity index (χ3n) is 6.39. The van der Waals surface area contributed by atoms with Crippen LogP contribution in [0.4, 0.5) is 0 Å². The first kappa shape index (κ1) is 22.4. The summed E-state index contributed by atoms with van der Waals surface area (Å²) < 4.78 is 10.8. The van der Waals surface area contributed by atoms with Crippen molar-refractivity contribution in [2.45, 2.75) is 74.3 Å². The van der Waals surface area contributed by atoms with Gasteiger partial charge in [-0.05, 0) is 69.7 Å². The lowest BCUT2D eigenvalue weighted by atomic mass is 9.97. The van der Waals surface area contributed by atoms with Gasteiger partial charge >= 0.3 is 0 Å². The van der Waals surface area contributed by atoms with Gasteiger partial charge in [-0.25, -0.2) is 4.98 Å². The number of aryl methyl sites for hydroxylation is 4. The minimum Gasteiger partial charge on any atom is -0.493 e. The highest BCUT2D eigenvalue weighted by Gasteiger charge is 2.23. The van der Waals surface area contributed by atoms with Gasteiger partial charge in [0.2, 0.25) is 0 Å². The van der Waals surface area contributed by atoms with Crippen molar-refractivity contribution in [3.63, 3.8) is 0 Å². The number of benzene rings is 1. The second-order valence-electron chi connectivity index (χ2n) is 9.48. The zero-order valence-corrected chi connectivity index (χ0v) is 20.8. The Bertz CT molecular complexity index is 1270. The molecule has 0 amide bonds. The summed E-state index contributed by atoms with van der Waals surface area (Å²) in [5, 5.41) is 6.18. The lowest BCUT2D eigenvalue weighted by Crippen LogP contribution is -2.09. The number of rotatable bonds is 7. The van der Waals surface area contributed by atoms with Gasteiger partial charge in [-0.2, -0.15) is 9.61 Å². The van der Waals surface area contributed by atoms with E-state index in [-0.39, 0.29) is 0 Å². The van der Waals surface area contributed by atoms with Crippen molar-refractivity contribution in [2.75, 3.05) is 6.61 Å². The maximum atomic E-state index is 6.32. The fourth-order valence-corrected chi connectivity index (χ4v) is 4.82. The average molecular weight is 433 g/mol. The van der Waals surface area contributed by atoms with E-state index in [0.717, 1.165) is 57.8 Å². The van der Waals surface area contributed by atoms with Crippen LogP contribution in [0.3, 0.4) is 0 Å². The van der Waals surface area contributed by atoms with E-state index < -0.39 is 0 Å². The monoisotopic (exact) mass is 432 g/mol. The van der Waals surface area contributed by atoms with Gasteiger partial charge in [0, 0.05) is 23.2 Å². The number of hydrogen-bond donors (Lipinski definition) is 0. The molecule has 0 unspecified atom stereocenters. The van der Waals surface area contributed by atoms with Gasteiger partial charge in [-0.15, -0.1) is 0 Å². The number of fused-ring (bicyclic) bond motifs is 3. The van der Waals surface area contributed by atoms with Gasteiger partial charge in [-0.3, -0.25) is 0 Å². The maximum absolute atomic E-state index is 6.32. The Labute approximate surface area is 191 Å². The molecule has 0 fully saturated rings. The molecule has 5 nitrogen and oxygen atoms in total. The van der Waals surface area contributed by atoms with Crippen molar-refractivity contribution in [2.24, 2.45) is 5.92 Å². The van der Waals surface area contributed by atoms with Gasteiger partial charge in [-0.1, -0.05) is 33.8 Å². The number of aromatic nitrogens is 4. The lowest BCUT2D eigenvalue weighted by molar-refractivity contribution is 0.272. The molecule has 0 saturated carbocycles. The van der Waals surface area contributed by atoms with E-state index >= 15 is 0 Å². The average Bonchev–Trinajstić information content (AvgIpc) is 3.29. The molecule has 0 aliphatic carbocycles. The summed E-state index contributed by atoms with van der Waals surface area (Å²) >= 11 is 0. The van der Waals surface area contributed by atoms with Crippen molar-refractivity contribution >= 4 is 16.7 Å². The summed E-state index contributed by atoms with van der Waals surface area (Å²) in [6.07, 6.45) is 4.36. The second-order valence-corrected chi connectivity index (χ2v) is 9.48. The SMILES string of the molecule is CCC(CC)n1ccc2c(C)nc3c(-c4c(C)cc(C)cc4OCC(C)C)c(C)nn3c21. The molecule has 3 aromatic heterocycles. The summed E-state index contributed by atoms with van der Waals surface area (Å²) in [4.78, 5) is 5.06. The molecule has 5 heteroatoms. The zero-order chi connectivity index (χ0) is 23.2. The quantitative estimate of drug-likeness (QED) is 0.316. The van der Waals surface area contributed by atoms with E-state index in [0.29, 0.717) is 18.6 Å². The van der Waals surface area contributed by atoms with E-state index in [1.807, 2.05) is 0 Å². The van der Waals surface area contributed by atoms with Crippen LogP contribution in [0.15, 0.2) is 24.4 Å². The van der Waals surface area contributed by atoms with Crippen molar-refractivity contribution in [3.8, 4) is 16.9 Å². The molecule has 1 aromatic carbocycles. The van der Waals surface area contributed by atoms with Crippen LogP contribution in [-0.4, -0.2) is 25.8 Å². The number of nitrogens with zero attached hydrogens (tertiary/aromatic N) is 4. The van der Waals surface area contributed by atoms with Gasteiger partial charge in [0.1, 0.15) is 11.4 Å². The molecule has 3 heterocycles. The van der Waals surface area contributed by atoms with Crippen LogP contribution >= 0.6 is 0 Å². The molecule has 0 bridgehead atoms. The predicted molar refractivity (Wildman–Crippen MR) is 133 cm³/mol. The largest absolute Gasteiger partial charge is 0.493 e. The van der Waals surface area contributed by atoms with Crippen molar-refractivity contribution in [1.29, 1.82) is 0 Å². The minimum atomic E-state index is 0.441. The molecule has 0 aliphatic heterocycles. The van der Waals surface area contributed by atoms with E-state index in [2.05, 4.69) is 88.9 Å². The van der Waals surface area contributed by atoms with Gasteiger partial charge in [0.25, 0.3) is 0 Å². The smallest absolute Gasteiger partial charge is 0.165 e. The highest BCUT2D eigenvalue weighted by Crippen LogP contribution is 2.40. The van der Waals surface area contributed by atoms with Crippen LogP contribution in [0.5, 0.6) is 5.75 Å². The summed E-state index contributed by atoms with van der Waals surface area (Å²) in [5.74, 6) is 1.38. The lowest BCUT2D eigenvalue weighted by Gasteiger charge is -2.18. The van der Waals surface area contributed by atoms with E-state index in [1.165, 1.54) is 11.1 Å². The Balaban J connectivity index is 2.04. The molecule has 0 N–H and O–H groups in total. The Morgan fingerprint density at radius 2 is 1.69 bits per heavy atom. The van der Waals surface area contributed by atoms with E-state index in [1.54, 1.807) is 0 Å². The molecule has 4 rings (SSSR count). The molecule has 32 heavy (non-hydrogen) atoms. The maximum Gasteiger partial charge on any atom is 0.165 e. The highest BCUT2D eigenvalue weighted by atomic mass is 16.5. The van der Waals surface area contributed by atoms with Crippen LogP contribution in [-0.2, 0) is 0 Å². The summed E-state index contributed by atoms with van der Waals surface area (Å²) in [7, 11) is 0. The molecule has 170 valence electrons. The van der Waals surface area contributed by atoms with Crippen LogP contribution in [0, 0.1) is 33.6 Å². The van der Waals surface area contributed by atoms with Gasteiger partial charge in [0.15, 0.2) is 5.65 Å². The molecule has 4 aromatic rings. The van der Waals surface area contributed by atoms with Gasteiger partial charge in [0.05, 0.1) is 23.6 Å². The van der Waals surface area contributed by atoms with E-state index in [4.69, 9.17) is 14.8 Å². The third kappa shape index (κ3) is 3.68. The third-order valence-corrected chi connectivity index (χ3v) is 6.39. The number of ether oxygens (including phenoxy) is 1. The first-order valence-electron chi connectivity index (χ1n) is 11.9. The van der Waals surface area contributed by atoms with E-state index in [9.17, 15) is 0 Å². The molecular weight excluding hydrogens is 396 g/mol. The fraction of sp³-hybridized carbons (Fsp3) is 0.481. The standard InChI is InChI=1S/C27H36N4O/c1-9-21(10-2)30-12-11-22-19(7)28-26-25(20(8)29-31(26)27(22)30)24-18(6)13-17(5)14-23(24)32-15-16(3)4/h11-14,16,21H,9-10,15H2,1-8H3. The summed E-state index contributed by atoms with van der Waals surface area (Å²) in [6, 6.07) is 6.99. The molecule has 0 aliphatic rings. The summed E-state index contributed by atoms with van der Waals surface area (Å²) in [5.41, 5.74) is 8.62.